The van der Waals surface area contributed by atoms with Crippen LogP contribution in [0.5, 0.6) is 0 Å². The average molecular weight is 168 g/mol. The second-order valence-corrected chi connectivity index (χ2v) is 2.23. The second-order valence-electron chi connectivity index (χ2n) is 2.23. The minimum Gasteiger partial charge on any atom is -0.463 e. The molecule has 0 radical (unpaired) electrons. The van der Waals surface area contributed by atoms with Crippen molar-refractivity contribution in [2.45, 2.75) is 6.92 Å². The molecule has 0 fully saturated rings. The lowest BCUT2D eigenvalue weighted by molar-refractivity contribution is -0.135. The number of Topliss-reactive ketones (excluding diaryl/α,β-unsaturated/α-hetero) is 1. The first-order valence-corrected chi connectivity index (χ1v) is 3.34. The predicted molar refractivity (Wildman–Crippen MR) is 39.8 cm³/mol. The van der Waals surface area contributed by atoms with Crippen LogP contribution in [-0.4, -0.2) is 18.9 Å². The number of ketones is 1. The summed E-state index contributed by atoms with van der Waals surface area (Å²) in [6, 6.07) is 3.05. The fourth-order valence-corrected chi connectivity index (χ4v) is 0.750. The highest BCUT2D eigenvalue weighted by Crippen LogP contribution is 2.07. The number of methoxy groups -OCH3 is 1. The van der Waals surface area contributed by atoms with Gasteiger partial charge in [-0.1, -0.05) is 0 Å². The van der Waals surface area contributed by atoms with Crippen LogP contribution in [0.4, 0.5) is 0 Å². The zero-order chi connectivity index (χ0) is 9.14. The van der Waals surface area contributed by atoms with Gasteiger partial charge in [0, 0.05) is 0 Å². The van der Waals surface area contributed by atoms with Crippen molar-refractivity contribution in [3.8, 4) is 0 Å². The first-order chi connectivity index (χ1) is 5.65. The Labute approximate surface area is 69.1 Å². The molecule has 1 aromatic heterocycles. The van der Waals surface area contributed by atoms with Gasteiger partial charge in [0.1, 0.15) is 5.76 Å². The Morgan fingerprint density at radius 3 is 2.50 bits per heavy atom. The van der Waals surface area contributed by atoms with Crippen LogP contribution in [0.1, 0.15) is 16.3 Å². The lowest BCUT2D eigenvalue weighted by Crippen LogP contribution is -2.14. The van der Waals surface area contributed by atoms with Crippen LogP contribution in [0.25, 0.3) is 0 Å². The van der Waals surface area contributed by atoms with Gasteiger partial charge in [-0.3, -0.25) is 4.79 Å². The van der Waals surface area contributed by atoms with E-state index in [0.29, 0.717) is 5.76 Å². The molecule has 0 saturated heterocycles. The van der Waals surface area contributed by atoms with Gasteiger partial charge in [-0.05, 0) is 19.1 Å². The number of rotatable bonds is 2. The molecule has 0 aromatic carbocycles. The molecule has 0 bridgehead atoms. The Hall–Kier alpha value is -1.58. The Kier molecular flexibility index (Phi) is 2.28. The average Bonchev–Trinajstić information content (AvgIpc) is 2.49. The van der Waals surface area contributed by atoms with Gasteiger partial charge in [-0.25, -0.2) is 4.79 Å². The third-order valence-electron chi connectivity index (χ3n) is 1.33. The maximum absolute atomic E-state index is 11.0. The van der Waals surface area contributed by atoms with Crippen molar-refractivity contribution in [1.82, 2.24) is 0 Å². The summed E-state index contributed by atoms with van der Waals surface area (Å²) < 4.78 is 9.15. The molecular weight excluding hydrogens is 160 g/mol. The van der Waals surface area contributed by atoms with E-state index in [1.807, 2.05) is 0 Å². The van der Waals surface area contributed by atoms with E-state index in [1.54, 1.807) is 13.0 Å². The van der Waals surface area contributed by atoms with Gasteiger partial charge in [0.05, 0.1) is 7.11 Å². The van der Waals surface area contributed by atoms with Crippen LogP contribution in [0.15, 0.2) is 16.5 Å². The van der Waals surface area contributed by atoms with Crippen LogP contribution in [0.3, 0.4) is 0 Å². The molecule has 0 unspecified atom stereocenters. The standard InChI is InChI=1S/C8H8O4/c1-5-3-4-6(12-5)7(9)8(10)11-2/h3-4H,1-2H3. The van der Waals surface area contributed by atoms with Crippen LogP contribution >= 0.6 is 0 Å². The van der Waals surface area contributed by atoms with Crippen LogP contribution < -0.4 is 0 Å². The van der Waals surface area contributed by atoms with Crippen molar-refractivity contribution < 1.29 is 18.7 Å². The predicted octanol–water partition coefficient (Wildman–Crippen LogP) is 0.944. The van der Waals surface area contributed by atoms with E-state index in [2.05, 4.69) is 4.74 Å². The zero-order valence-electron chi connectivity index (χ0n) is 6.79. The fraction of sp³-hybridized carbons (Fsp3) is 0.250. The first kappa shape index (κ1) is 8.52. The second kappa shape index (κ2) is 3.21. The zero-order valence-corrected chi connectivity index (χ0v) is 6.79. The van der Waals surface area contributed by atoms with Crippen LogP contribution in [0, 0.1) is 6.92 Å². The largest absolute Gasteiger partial charge is 0.463 e. The van der Waals surface area contributed by atoms with Gasteiger partial charge in [0.15, 0.2) is 5.76 Å². The minimum atomic E-state index is -0.913. The third kappa shape index (κ3) is 1.53. The van der Waals surface area contributed by atoms with Crippen molar-refractivity contribution >= 4 is 11.8 Å². The van der Waals surface area contributed by atoms with Crippen molar-refractivity contribution in [3.63, 3.8) is 0 Å². The monoisotopic (exact) mass is 168 g/mol. The van der Waals surface area contributed by atoms with E-state index in [1.165, 1.54) is 6.07 Å². The number of carbonyl (C=O) groups excluding carboxylic acids is 2. The normalized spacial score (nSPS) is 9.50. The molecule has 0 aliphatic carbocycles. The molecule has 1 heterocycles. The Bertz CT molecular complexity index is 311. The third-order valence-corrected chi connectivity index (χ3v) is 1.33. The highest BCUT2D eigenvalue weighted by atomic mass is 16.5. The molecular formula is C8H8O4. The summed E-state index contributed by atoms with van der Waals surface area (Å²) in [4.78, 5) is 21.7. The molecule has 4 heteroatoms. The highest BCUT2D eigenvalue weighted by Gasteiger charge is 2.19. The van der Waals surface area contributed by atoms with E-state index in [4.69, 9.17) is 4.42 Å². The maximum atomic E-state index is 11.0. The topological polar surface area (TPSA) is 56.5 Å². The van der Waals surface area contributed by atoms with Crippen LogP contribution in [0.2, 0.25) is 0 Å². The van der Waals surface area contributed by atoms with E-state index in [-0.39, 0.29) is 5.76 Å². The fourth-order valence-electron chi connectivity index (χ4n) is 0.750. The molecule has 12 heavy (non-hydrogen) atoms. The number of aryl methyl sites for hydroxylation is 1. The van der Waals surface area contributed by atoms with Crippen molar-refractivity contribution in [2.24, 2.45) is 0 Å². The molecule has 1 rings (SSSR count). The number of hydrogen-bond donors (Lipinski definition) is 0. The molecule has 64 valence electrons. The maximum Gasteiger partial charge on any atom is 0.382 e. The number of furan rings is 1. The molecule has 0 aliphatic heterocycles. The SMILES string of the molecule is COC(=O)C(=O)c1ccc(C)o1. The molecule has 0 aliphatic rings. The van der Waals surface area contributed by atoms with Gasteiger partial charge < -0.3 is 9.15 Å². The first-order valence-electron chi connectivity index (χ1n) is 3.34. The molecule has 1 aromatic rings. The smallest absolute Gasteiger partial charge is 0.382 e. The van der Waals surface area contributed by atoms with Crippen molar-refractivity contribution in [3.05, 3.63) is 23.7 Å². The lowest BCUT2D eigenvalue weighted by Gasteiger charge is -1.92. The summed E-state index contributed by atoms with van der Waals surface area (Å²) >= 11 is 0. The molecule has 0 saturated carbocycles. The summed E-state index contributed by atoms with van der Waals surface area (Å²) in [5.74, 6) is -1.07. The van der Waals surface area contributed by atoms with Crippen LogP contribution in [-0.2, 0) is 9.53 Å². The van der Waals surface area contributed by atoms with E-state index >= 15 is 0 Å². The lowest BCUT2D eigenvalue weighted by atomic mass is 10.3. The molecule has 0 spiro atoms. The minimum absolute atomic E-state index is 0.0133. The summed E-state index contributed by atoms with van der Waals surface area (Å²) in [6.07, 6.45) is 0. The van der Waals surface area contributed by atoms with Crippen molar-refractivity contribution in [1.29, 1.82) is 0 Å². The van der Waals surface area contributed by atoms with Gasteiger partial charge in [-0.2, -0.15) is 0 Å². The Morgan fingerprint density at radius 2 is 2.08 bits per heavy atom. The number of ether oxygens (including phenoxy) is 1. The molecule has 4 nitrogen and oxygen atoms in total. The van der Waals surface area contributed by atoms with Gasteiger partial charge in [0.2, 0.25) is 0 Å². The number of hydrogen-bond acceptors (Lipinski definition) is 4. The summed E-state index contributed by atoms with van der Waals surface area (Å²) in [5.41, 5.74) is 0. The summed E-state index contributed by atoms with van der Waals surface area (Å²) in [5, 5.41) is 0. The van der Waals surface area contributed by atoms with E-state index < -0.39 is 11.8 Å². The molecule has 0 N–H and O–H groups in total. The van der Waals surface area contributed by atoms with Gasteiger partial charge in [-0.15, -0.1) is 0 Å². The number of esters is 1. The van der Waals surface area contributed by atoms with E-state index in [9.17, 15) is 9.59 Å². The highest BCUT2D eigenvalue weighted by molar-refractivity contribution is 6.39. The molecule has 0 amide bonds. The Balaban J connectivity index is 2.85. The summed E-state index contributed by atoms with van der Waals surface area (Å²) in [6.45, 7) is 1.69. The van der Waals surface area contributed by atoms with Gasteiger partial charge >= 0.3 is 11.8 Å². The van der Waals surface area contributed by atoms with Gasteiger partial charge in [0.25, 0.3) is 0 Å². The quantitative estimate of drug-likeness (QED) is 0.374. The Morgan fingerprint density at radius 1 is 1.42 bits per heavy atom. The summed E-state index contributed by atoms with van der Waals surface area (Å²) in [7, 11) is 1.15. The molecule has 0 atom stereocenters. The van der Waals surface area contributed by atoms with Crippen molar-refractivity contribution in [2.75, 3.05) is 7.11 Å². The van der Waals surface area contributed by atoms with E-state index in [0.717, 1.165) is 7.11 Å². The number of carbonyl (C=O) groups is 2.